The Morgan fingerprint density at radius 3 is 0.756 bits per heavy atom. The summed E-state index contributed by atoms with van der Waals surface area (Å²) in [4.78, 5) is 38.4. The molecule has 0 aromatic heterocycles. The van der Waals surface area contributed by atoms with Gasteiger partial charge in [-0.3, -0.25) is 14.4 Å². The van der Waals surface area contributed by atoms with Gasteiger partial charge in [0.05, 0.1) is 0 Å². The number of hydrogen-bond donors (Lipinski definition) is 0. The number of carbonyl (C=O) groups excluding carboxylic acids is 3. The number of hydrogen-bond acceptors (Lipinski definition) is 6. The fourth-order valence-corrected chi connectivity index (χ4v) is 10.0. The Morgan fingerprint density at radius 1 is 0.256 bits per heavy atom. The van der Waals surface area contributed by atoms with E-state index in [4.69, 9.17) is 14.2 Å². The first-order valence-corrected chi connectivity index (χ1v) is 35.2. The number of ether oxygens (including phenoxy) is 3. The van der Waals surface area contributed by atoms with Crippen LogP contribution < -0.4 is 0 Å². The molecule has 0 amide bonds. The van der Waals surface area contributed by atoms with Crippen LogP contribution in [0.5, 0.6) is 0 Å². The SMILES string of the molecule is CC/C=C\C/C=C\C/C=C\C/C=C\CCCCCCC(=O)OCC(COC(=O)CCCCCCCCCCCCCCCC/C=C\C/C=C\C/C=C\CCCCCCC)OC(=O)CCCCCCCCC/C=C\CCCCCCCCC. The predicted molar refractivity (Wildman–Crippen MR) is 357 cm³/mol. The molecule has 0 aromatic rings. The Balaban J connectivity index is 4.32. The summed E-state index contributed by atoms with van der Waals surface area (Å²) in [6, 6.07) is 0. The molecule has 0 spiro atoms. The van der Waals surface area contributed by atoms with Gasteiger partial charge in [0.15, 0.2) is 6.10 Å². The van der Waals surface area contributed by atoms with Crippen molar-refractivity contribution in [3.8, 4) is 0 Å². The molecule has 472 valence electrons. The molecule has 1 atom stereocenters. The minimum absolute atomic E-state index is 0.0860. The molecule has 6 heteroatoms. The highest BCUT2D eigenvalue weighted by atomic mass is 16.6. The van der Waals surface area contributed by atoms with Gasteiger partial charge in [-0.25, -0.2) is 0 Å². The zero-order valence-corrected chi connectivity index (χ0v) is 54.2. The lowest BCUT2D eigenvalue weighted by Crippen LogP contribution is -2.30. The first-order valence-electron chi connectivity index (χ1n) is 35.2. The first-order chi connectivity index (χ1) is 40.5. The monoisotopic (exact) mass is 1140 g/mol. The molecular formula is C76H132O6. The summed E-state index contributed by atoms with van der Waals surface area (Å²) in [7, 11) is 0. The zero-order chi connectivity index (χ0) is 59.2. The van der Waals surface area contributed by atoms with Crippen LogP contribution in [0.3, 0.4) is 0 Å². The number of allylic oxidation sites excluding steroid dienone is 16. The lowest BCUT2D eigenvalue weighted by molar-refractivity contribution is -0.167. The highest BCUT2D eigenvalue weighted by Gasteiger charge is 2.19. The molecule has 1 unspecified atom stereocenters. The van der Waals surface area contributed by atoms with E-state index >= 15 is 0 Å². The van der Waals surface area contributed by atoms with Crippen LogP contribution >= 0.6 is 0 Å². The van der Waals surface area contributed by atoms with Crippen molar-refractivity contribution in [2.45, 2.75) is 354 Å². The van der Waals surface area contributed by atoms with Crippen molar-refractivity contribution in [2.75, 3.05) is 13.2 Å². The number of rotatable bonds is 64. The van der Waals surface area contributed by atoms with Crippen molar-refractivity contribution >= 4 is 17.9 Å². The van der Waals surface area contributed by atoms with Gasteiger partial charge in [0.25, 0.3) is 0 Å². The highest BCUT2D eigenvalue weighted by molar-refractivity contribution is 5.71. The molecule has 82 heavy (non-hydrogen) atoms. The van der Waals surface area contributed by atoms with Crippen LogP contribution in [0.25, 0.3) is 0 Å². The second kappa shape index (κ2) is 69.8. The summed E-state index contributed by atoms with van der Waals surface area (Å²) in [5, 5.41) is 0. The lowest BCUT2D eigenvalue weighted by Gasteiger charge is -2.18. The van der Waals surface area contributed by atoms with Gasteiger partial charge in [0.1, 0.15) is 13.2 Å². The summed E-state index contributed by atoms with van der Waals surface area (Å²) < 4.78 is 17.0. The summed E-state index contributed by atoms with van der Waals surface area (Å²) in [5.74, 6) is -0.901. The van der Waals surface area contributed by atoms with E-state index in [2.05, 4.69) is 118 Å². The molecule has 0 rings (SSSR count). The number of esters is 3. The van der Waals surface area contributed by atoms with Crippen molar-refractivity contribution in [1.82, 2.24) is 0 Å². The van der Waals surface area contributed by atoms with Crippen LogP contribution in [0.1, 0.15) is 348 Å². The first kappa shape index (κ1) is 78.3. The Labute approximate surface area is 508 Å². The summed E-state index contributed by atoms with van der Waals surface area (Å²) in [5.41, 5.74) is 0. The summed E-state index contributed by atoms with van der Waals surface area (Å²) >= 11 is 0. The highest BCUT2D eigenvalue weighted by Crippen LogP contribution is 2.17. The molecule has 0 saturated carbocycles. The maximum absolute atomic E-state index is 12.9. The fraction of sp³-hybridized carbons (Fsp3) is 0.750. The van der Waals surface area contributed by atoms with Crippen molar-refractivity contribution in [3.05, 3.63) is 97.2 Å². The van der Waals surface area contributed by atoms with Crippen molar-refractivity contribution in [3.63, 3.8) is 0 Å². The quantitative estimate of drug-likeness (QED) is 0.0261. The average Bonchev–Trinajstić information content (AvgIpc) is 3.47. The van der Waals surface area contributed by atoms with Crippen LogP contribution in [-0.4, -0.2) is 37.2 Å². The Morgan fingerprint density at radius 2 is 0.476 bits per heavy atom. The van der Waals surface area contributed by atoms with Crippen molar-refractivity contribution in [1.29, 1.82) is 0 Å². The molecule has 0 bridgehead atoms. The third-order valence-corrected chi connectivity index (χ3v) is 15.3. The summed E-state index contributed by atoms with van der Waals surface area (Å²) in [6.45, 7) is 6.53. The van der Waals surface area contributed by atoms with E-state index in [1.165, 1.54) is 199 Å². The number of carbonyl (C=O) groups is 3. The third kappa shape index (κ3) is 67.1. The molecule has 6 nitrogen and oxygen atoms in total. The maximum Gasteiger partial charge on any atom is 0.306 e. The maximum atomic E-state index is 12.9. The minimum Gasteiger partial charge on any atom is -0.462 e. The lowest BCUT2D eigenvalue weighted by atomic mass is 10.0. The molecule has 0 aliphatic heterocycles. The third-order valence-electron chi connectivity index (χ3n) is 15.3. The van der Waals surface area contributed by atoms with Crippen LogP contribution in [-0.2, 0) is 28.6 Å². The largest absolute Gasteiger partial charge is 0.462 e. The second-order valence-electron chi connectivity index (χ2n) is 23.4. The smallest absolute Gasteiger partial charge is 0.306 e. The number of unbranched alkanes of at least 4 members (excludes halogenated alkanes) is 37. The zero-order valence-electron chi connectivity index (χ0n) is 54.2. The van der Waals surface area contributed by atoms with E-state index in [0.717, 1.165) is 109 Å². The van der Waals surface area contributed by atoms with E-state index in [1.54, 1.807) is 0 Å². The Kier molecular flexibility index (Phi) is 66.7. The second-order valence-corrected chi connectivity index (χ2v) is 23.4. The van der Waals surface area contributed by atoms with Gasteiger partial charge in [-0.1, -0.05) is 304 Å². The molecule has 0 heterocycles. The predicted octanol–water partition coefficient (Wildman–Crippen LogP) is 24.4. The molecule has 0 radical (unpaired) electrons. The van der Waals surface area contributed by atoms with E-state index in [0.29, 0.717) is 19.3 Å². The van der Waals surface area contributed by atoms with Gasteiger partial charge in [0.2, 0.25) is 0 Å². The molecule has 0 aromatic carbocycles. The molecule has 0 aliphatic rings. The van der Waals surface area contributed by atoms with Gasteiger partial charge in [0, 0.05) is 19.3 Å². The standard InChI is InChI=1S/C76H132O6/c1-4-7-10-13-16-19-22-25-28-31-33-34-35-36-37-38-39-40-41-42-43-46-48-51-54-57-60-63-66-69-75(78)81-72-73(71-80-74(77)68-65-62-59-56-53-50-47-44-30-27-24-21-18-15-12-9-6-3)82-76(79)70-67-64-61-58-55-52-49-45-32-29-26-23-20-17-14-11-8-5-2/h9,12,18,21-22,25,27,29-33,35-36,47,50,73H,4-8,10-11,13-17,19-20,23-24,26,28,34,37-46,48-49,51-72H2,1-3H3/b12-9-,21-18-,25-22-,30-27-,32-29-,33-31-,36-35-,50-47-. The Hall–Kier alpha value is -3.67. The van der Waals surface area contributed by atoms with E-state index in [-0.39, 0.29) is 31.1 Å². The van der Waals surface area contributed by atoms with E-state index in [9.17, 15) is 14.4 Å². The average molecular weight is 1140 g/mol. The van der Waals surface area contributed by atoms with Crippen LogP contribution in [0.4, 0.5) is 0 Å². The van der Waals surface area contributed by atoms with Crippen molar-refractivity contribution < 1.29 is 28.6 Å². The topological polar surface area (TPSA) is 78.9 Å². The molecule has 0 fully saturated rings. The van der Waals surface area contributed by atoms with Crippen LogP contribution in [0, 0.1) is 0 Å². The normalized spacial score (nSPS) is 12.7. The van der Waals surface area contributed by atoms with Gasteiger partial charge in [-0.15, -0.1) is 0 Å². The van der Waals surface area contributed by atoms with Gasteiger partial charge in [-0.05, 0) is 122 Å². The van der Waals surface area contributed by atoms with Crippen molar-refractivity contribution in [2.24, 2.45) is 0 Å². The molecular weight excluding hydrogens is 1010 g/mol. The van der Waals surface area contributed by atoms with E-state index < -0.39 is 6.10 Å². The molecule has 0 aliphatic carbocycles. The van der Waals surface area contributed by atoms with E-state index in [1.807, 2.05) is 0 Å². The molecule has 0 saturated heterocycles. The van der Waals surface area contributed by atoms with Crippen LogP contribution in [0.2, 0.25) is 0 Å². The Bertz CT molecular complexity index is 1590. The van der Waals surface area contributed by atoms with Gasteiger partial charge >= 0.3 is 17.9 Å². The molecule has 0 N–H and O–H groups in total. The summed E-state index contributed by atoms with van der Waals surface area (Å²) in [6.07, 6.45) is 94.3. The van der Waals surface area contributed by atoms with Gasteiger partial charge < -0.3 is 14.2 Å². The fourth-order valence-electron chi connectivity index (χ4n) is 10.0. The minimum atomic E-state index is -0.793. The van der Waals surface area contributed by atoms with Crippen LogP contribution in [0.15, 0.2) is 97.2 Å². The van der Waals surface area contributed by atoms with Gasteiger partial charge in [-0.2, -0.15) is 0 Å².